The summed E-state index contributed by atoms with van der Waals surface area (Å²) in [6.07, 6.45) is -5.21. The lowest BCUT2D eigenvalue weighted by Gasteiger charge is -2.29. The Labute approximate surface area is 249 Å². The van der Waals surface area contributed by atoms with Crippen molar-refractivity contribution >= 4 is 25.1 Å². The predicted octanol–water partition coefficient (Wildman–Crippen LogP) is 2.42. The smallest absolute Gasteiger partial charge is 0.459 e. The molecule has 1 unspecified atom stereocenters. The van der Waals surface area contributed by atoms with E-state index < -0.39 is 74.1 Å². The van der Waals surface area contributed by atoms with Crippen LogP contribution in [0.1, 0.15) is 44.4 Å². The highest BCUT2D eigenvalue weighted by Crippen LogP contribution is 2.68. The lowest BCUT2D eigenvalue weighted by atomic mass is 9.94. The zero-order chi connectivity index (χ0) is 31.5. The van der Waals surface area contributed by atoms with Gasteiger partial charge in [-0.25, -0.2) is 22.8 Å². The first-order valence-electron chi connectivity index (χ1n) is 13.8. The summed E-state index contributed by atoms with van der Waals surface area (Å²) >= 11 is 0. The van der Waals surface area contributed by atoms with E-state index in [0.29, 0.717) is 5.52 Å². The second kappa shape index (κ2) is 10.7. The number of ether oxygens (including phenoxy) is 2. The average Bonchev–Trinajstić information content (AvgIpc) is 3.23. The number of aliphatic hydroxyl groups is 2. The standard InChI is InChI=1S/C27H29F2N6O8P/c1-15(23(37)40-16-9-11-25(28,29)12-10-16)34-44(39,42-17-5-3-2-4-6-17)43-24-26(13-30)27(24,38)21(36)20(41-26)18-7-8-19-22(31)32-14-33-35(18)19/h2-8,14-16,20-21,24,36,38H,9-12H2,1H3,(H,34,39)(H2,31,32,33)/t15-,20-,21-,24?,26+,27+,44-/m0/s1. The fourth-order valence-electron chi connectivity index (χ4n) is 5.71. The van der Waals surface area contributed by atoms with Crippen molar-refractivity contribution in [2.24, 2.45) is 0 Å². The molecule has 3 aromatic rings. The molecular formula is C27H29F2N6O8P. The highest BCUT2D eigenvalue weighted by atomic mass is 31.2. The van der Waals surface area contributed by atoms with Crippen LogP contribution in [0.25, 0.3) is 5.52 Å². The third-order valence-electron chi connectivity index (χ3n) is 8.17. The Morgan fingerprint density at radius 3 is 2.64 bits per heavy atom. The number of aliphatic hydroxyl groups excluding tert-OH is 1. The molecule has 17 heteroatoms. The molecule has 0 radical (unpaired) electrons. The number of rotatable bonds is 9. The van der Waals surface area contributed by atoms with Crippen LogP contribution in [0.15, 0.2) is 48.8 Å². The number of carbonyl (C=O) groups excluding carboxylic acids is 1. The number of alkyl halides is 2. The number of nitrogens with two attached hydrogens (primary N) is 1. The minimum atomic E-state index is -4.64. The van der Waals surface area contributed by atoms with Crippen LogP contribution < -0.4 is 15.3 Å². The summed E-state index contributed by atoms with van der Waals surface area (Å²) in [7, 11) is -4.64. The van der Waals surface area contributed by atoms with Gasteiger partial charge in [0.05, 0.1) is 5.69 Å². The monoisotopic (exact) mass is 634 g/mol. The molecule has 234 valence electrons. The summed E-state index contributed by atoms with van der Waals surface area (Å²) in [6, 6.07) is 11.4. The molecule has 1 aromatic carbocycles. The Morgan fingerprint density at radius 2 is 1.98 bits per heavy atom. The second-order valence-electron chi connectivity index (χ2n) is 11.1. The maximum atomic E-state index is 14.1. The van der Waals surface area contributed by atoms with Crippen LogP contribution in [0.4, 0.5) is 14.6 Å². The molecule has 0 amide bonds. The van der Waals surface area contributed by atoms with Gasteiger partial charge in [0.15, 0.2) is 17.5 Å². The number of nitriles is 1. The molecule has 6 rings (SSSR count). The lowest BCUT2D eigenvalue weighted by Crippen LogP contribution is -2.40. The second-order valence-corrected chi connectivity index (χ2v) is 12.7. The van der Waals surface area contributed by atoms with Crippen LogP contribution in [0, 0.1) is 11.3 Å². The molecule has 3 heterocycles. The van der Waals surface area contributed by atoms with Crippen LogP contribution in [-0.4, -0.2) is 72.3 Å². The van der Waals surface area contributed by atoms with Crippen molar-refractivity contribution in [3.05, 3.63) is 54.5 Å². The number of aromatic nitrogens is 3. The Bertz CT molecular complexity index is 1660. The third kappa shape index (κ3) is 4.99. The first-order chi connectivity index (χ1) is 20.8. The first kappa shape index (κ1) is 30.3. The van der Waals surface area contributed by atoms with E-state index in [-0.39, 0.29) is 30.1 Å². The van der Waals surface area contributed by atoms with Crippen molar-refractivity contribution in [1.82, 2.24) is 19.7 Å². The van der Waals surface area contributed by atoms with Gasteiger partial charge in [-0.1, -0.05) is 18.2 Å². The summed E-state index contributed by atoms with van der Waals surface area (Å²) in [4.78, 5) is 16.7. The summed E-state index contributed by atoms with van der Waals surface area (Å²) in [6.45, 7) is 1.30. The Kier molecular flexibility index (Phi) is 7.39. The SMILES string of the molecule is C[C@H](N[P@](=O)(Oc1ccccc1)OC1[C@@]2(C#N)O[C@@H](c3ccc4c(N)ncnn34)[C@H](O)[C@@]12O)C(=O)OC1CCC(F)(F)CC1. The van der Waals surface area contributed by atoms with E-state index >= 15 is 0 Å². The van der Waals surface area contributed by atoms with Gasteiger partial charge in [0.1, 0.15) is 48.0 Å². The van der Waals surface area contributed by atoms with Crippen molar-refractivity contribution in [2.45, 2.75) is 80.2 Å². The molecule has 5 N–H and O–H groups in total. The molecule has 0 spiro atoms. The Hall–Kier alpha value is -3.71. The molecule has 2 aromatic heterocycles. The Balaban J connectivity index is 1.22. The van der Waals surface area contributed by atoms with Crippen molar-refractivity contribution < 1.29 is 46.9 Å². The van der Waals surface area contributed by atoms with Crippen LogP contribution in [0.2, 0.25) is 0 Å². The zero-order valence-corrected chi connectivity index (χ0v) is 24.1. The molecule has 44 heavy (non-hydrogen) atoms. The van der Waals surface area contributed by atoms with E-state index in [1.54, 1.807) is 24.3 Å². The number of hydrogen-bond acceptors (Lipinski definition) is 12. The third-order valence-corrected chi connectivity index (χ3v) is 9.81. The maximum absolute atomic E-state index is 14.1. The zero-order valence-electron chi connectivity index (χ0n) is 23.2. The van der Waals surface area contributed by atoms with E-state index in [2.05, 4.69) is 15.2 Å². The van der Waals surface area contributed by atoms with Gasteiger partial charge in [0, 0.05) is 12.8 Å². The molecule has 2 saturated carbocycles. The number of para-hydroxylation sites is 1. The van der Waals surface area contributed by atoms with Crippen molar-refractivity contribution in [1.29, 1.82) is 5.26 Å². The van der Waals surface area contributed by atoms with E-state index in [1.807, 2.05) is 6.07 Å². The highest BCUT2D eigenvalue weighted by molar-refractivity contribution is 7.52. The minimum Gasteiger partial charge on any atom is -0.461 e. The normalized spacial score (nSPS) is 31.4. The summed E-state index contributed by atoms with van der Waals surface area (Å²) in [5, 5.41) is 39.4. The molecular weight excluding hydrogens is 605 g/mol. The number of nitrogen functional groups attached to an aromatic ring is 1. The number of fused-ring (bicyclic) bond motifs is 2. The number of carbonyl (C=O) groups is 1. The van der Waals surface area contributed by atoms with E-state index in [0.717, 1.165) is 0 Å². The quantitative estimate of drug-likeness (QED) is 0.198. The first-order valence-corrected chi connectivity index (χ1v) is 15.3. The minimum absolute atomic E-state index is 0.0358. The van der Waals surface area contributed by atoms with Crippen molar-refractivity contribution in [3.8, 4) is 11.8 Å². The fraction of sp³-hybridized carbons (Fsp3) is 0.481. The van der Waals surface area contributed by atoms with Crippen LogP contribution in [0.5, 0.6) is 5.75 Å². The van der Waals surface area contributed by atoms with E-state index in [4.69, 9.17) is 24.3 Å². The van der Waals surface area contributed by atoms with E-state index in [9.17, 15) is 33.6 Å². The van der Waals surface area contributed by atoms with Gasteiger partial charge in [-0.2, -0.15) is 15.4 Å². The van der Waals surface area contributed by atoms with Crippen molar-refractivity contribution in [3.63, 3.8) is 0 Å². The van der Waals surface area contributed by atoms with Gasteiger partial charge in [-0.3, -0.25) is 9.32 Å². The van der Waals surface area contributed by atoms with Gasteiger partial charge in [0.2, 0.25) is 11.5 Å². The fourth-order valence-corrected chi connectivity index (χ4v) is 7.44. The number of benzene rings is 1. The number of nitrogens with zero attached hydrogens (tertiary/aromatic N) is 4. The number of nitrogens with one attached hydrogen (secondary N) is 1. The van der Waals surface area contributed by atoms with E-state index in [1.165, 1.54) is 36.0 Å². The predicted molar refractivity (Wildman–Crippen MR) is 146 cm³/mol. The molecule has 2 aliphatic carbocycles. The topological polar surface area (TPSA) is 204 Å². The molecule has 1 aliphatic heterocycles. The van der Waals surface area contributed by atoms with Gasteiger partial charge >= 0.3 is 13.7 Å². The van der Waals surface area contributed by atoms with Gasteiger partial charge in [-0.15, -0.1) is 0 Å². The summed E-state index contributed by atoms with van der Waals surface area (Å²) in [5.41, 5.74) is 1.99. The molecule has 1 saturated heterocycles. The Morgan fingerprint density at radius 1 is 1.27 bits per heavy atom. The summed E-state index contributed by atoms with van der Waals surface area (Å²) in [5.74, 6) is -3.51. The van der Waals surface area contributed by atoms with Gasteiger partial charge < -0.3 is 29.9 Å². The lowest BCUT2D eigenvalue weighted by molar-refractivity contribution is -0.157. The number of halogens is 2. The summed E-state index contributed by atoms with van der Waals surface area (Å²) < 4.78 is 65.1. The van der Waals surface area contributed by atoms with Gasteiger partial charge in [0.25, 0.3) is 0 Å². The van der Waals surface area contributed by atoms with Crippen LogP contribution in [-0.2, 0) is 23.4 Å². The molecule has 3 aliphatic rings. The van der Waals surface area contributed by atoms with Crippen LogP contribution >= 0.6 is 7.75 Å². The van der Waals surface area contributed by atoms with Crippen molar-refractivity contribution in [2.75, 3.05) is 5.73 Å². The molecule has 0 bridgehead atoms. The highest BCUT2D eigenvalue weighted by Gasteiger charge is 2.90. The number of hydrogen-bond donors (Lipinski definition) is 4. The van der Waals surface area contributed by atoms with Crippen LogP contribution in [0.3, 0.4) is 0 Å². The average molecular weight is 635 g/mol. The molecule has 14 nitrogen and oxygen atoms in total. The van der Waals surface area contributed by atoms with Gasteiger partial charge in [-0.05, 0) is 44.0 Å². The molecule has 7 atom stereocenters. The number of anilines is 1. The largest absolute Gasteiger partial charge is 0.461 e. The molecule has 3 fully saturated rings. The maximum Gasteiger partial charge on any atom is 0.459 e. The number of esters is 1.